The van der Waals surface area contributed by atoms with Gasteiger partial charge in [-0.1, -0.05) is 6.42 Å². The van der Waals surface area contributed by atoms with Crippen molar-refractivity contribution in [1.82, 2.24) is 24.8 Å². The Balaban J connectivity index is 1.61. The molecular weight excluding hydrogens is 310 g/mol. The molecule has 2 N–H and O–H groups in total. The molecule has 4 heterocycles. The minimum Gasteiger partial charge on any atom is -0.336 e. The first kappa shape index (κ1) is 15.1. The van der Waals surface area contributed by atoms with Crippen molar-refractivity contribution in [2.75, 3.05) is 26.2 Å². The Labute approximate surface area is 137 Å². The van der Waals surface area contributed by atoms with Gasteiger partial charge < -0.3 is 4.90 Å². The van der Waals surface area contributed by atoms with Gasteiger partial charge in [-0.25, -0.2) is 9.78 Å². The molecule has 2 aliphatic heterocycles. The van der Waals surface area contributed by atoms with Crippen molar-refractivity contribution in [2.24, 2.45) is 0 Å². The van der Waals surface area contributed by atoms with Gasteiger partial charge in [0, 0.05) is 31.9 Å². The number of rotatable bonds is 1. The molecule has 4 rings (SSSR count). The summed E-state index contributed by atoms with van der Waals surface area (Å²) in [6, 6.07) is 1.94. The topological polar surface area (TPSA) is 102 Å². The predicted octanol–water partition coefficient (Wildman–Crippen LogP) is -0.0783. The van der Waals surface area contributed by atoms with Crippen LogP contribution in [0.2, 0.25) is 0 Å². The number of nitrogens with zero attached hydrogens (tertiary/aromatic N) is 3. The normalized spacial score (nSPS) is 21.7. The zero-order valence-corrected chi connectivity index (χ0v) is 13.2. The summed E-state index contributed by atoms with van der Waals surface area (Å²) >= 11 is 0. The molecule has 8 heteroatoms. The third-order valence-corrected chi connectivity index (χ3v) is 4.96. The molecule has 0 saturated carbocycles. The van der Waals surface area contributed by atoms with E-state index in [4.69, 9.17) is 0 Å². The van der Waals surface area contributed by atoms with E-state index in [9.17, 15) is 14.4 Å². The third kappa shape index (κ3) is 2.62. The molecule has 0 spiro atoms. The van der Waals surface area contributed by atoms with Gasteiger partial charge in [-0.05, 0) is 25.5 Å². The second kappa shape index (κ2) is 5.86. The van der Waals surface area contributed by atoms with Crippen LogP contribution in [-0.4, -0.2) is 62.9 Å². The van der Waals surface area contributed by atoms with Crippen molar-refractivity contribution in [3.8, 4) is 0 Å². The molecule has 2 aromatic heterocycles. The lowest BCUT2D eigenvalue weighted by molar-refractivity contribution is 0.0372. The Morgan fingerprint density at radius 3 is 2.92 bits per heavy atom. The minimum atomic E-state index is -0.604. The molecule has 8 nitrogen and oxygen atoms in total. The maximum atomic E-state index is 12.8. The summed E-state index contributed by atoms with van der Waals surface area (Å²) < 4.78 is 0. The van der Waals surface area contributed by atoms with Crippen LogP contribution in [-0.2, 0) is 0 Å². The number of pyridine rings is 1. The zero-order valence-electron chi connectivity index (χ0n) is 13.2. The number of aromatic nitrogens is 3. The van der Waals surface area contributed by atoms with Crippen molar-refractivity contribution < 1.29 is 4.79 Å². The Morgan fingerprint density at radius 1 is 1.17 bits per heavy atom. The highest BCUT2D eigenvalue weighted by molar-refractivity contribution is 5.96. The van der Waals surface area contributed by atoms with Crippen LogP contribution in [0.25, 0.3) is 11.0 Å². The summed E-state index contributed by atoms with van der Waals surface area (Å²) in [5.74, 6) is -0.111. The summed E-state index contributed by atoms with van der Waals surface area (Å²) in [7, 11) is 0. The summed E-state index contributed by atoms with van der Waals surface area (Å²) in [6.07, 6.45) is 5.00. The quantitative estimate of drug-likeness (QED) is 0.762. The van der Waals surface area contributed by atoms with Gasteiger partial charge in [0.15, 0.2) is 0 Å². The van der Waals surface area contributed by atoms with Crippen LogP contribution in [0, 0.1) is 0 Å². The molecule has 0 aliphatic carbocycles. The van der Waals surface area contributed by atoms with Gasteiger partial charge in [-0.15, -0.1) is 0 Å². The molecule has 0 radical (unpaired) electrons. The van der Waals surface area contributed by atoms with Crippen molar-refractivity contribution in [3.05, 3.63) is 38.7 Å². The SMILES string of the molecule is O=C(c1cnc2[nH]c(=O)[nH]c(=O)c2c1)N1CCN2CCCCC2C1. The first-order valence-electron chi connectivity index (χ1n) is 8.27. The second-order valence-electron chi connectivity index (χ2n) is 6.47. The molecule has 2 fully saturated rings. The average molecular weight is 329 g/mol. The number of piperazine rings is 1. The summed E-state index contributed by atoms with van der Waals surface area (Å²) in [6.45, 7) is 3.42. The Morgan fingerprint density at radius 2 is 2.04 bits per heavy atom. The van der Waals surface area contributed by atoms with Crippen LogP contribution in [0.15, 0.2) is 21.9 Å². The number of piperidine rings is 1. The van der Waals surface area contributed by atoms with E-state index in [0.717, 1.165) is 26.1 Å². The van der Waals surface area contributed by atoms with E-state index >= 15 is 0 Å². The molecule has 2 aromatic rings. The summed E-state index contributed by atoms with van der Waals surface area (Å²) in [5, 5.41) is 0.219. The summed E-state index contributed by atoms with van der Waals surface area (Å²) in [5.41, 5.74) is -0.567. The van der Waals surface area contributed by atoms with Crippen LogP contribution in [0.5, 0.6) is 0 Å². The van der Waals surface area contributed by atoms with Crippen molar-refractivity contribution in [3.63, 3.8) is 0 Å². The van der Waals surface area contributed by atoms with Crippen LogP contribution >= 0.6 is 0 Å². The first-order valence-corrected chi connectivity index (χ1v) is 8.27. The molecule has 126 valence electrons. The maximum Gasteiger partial charge on any atom is 0.327 e. The number of hydrogen-bond donors (Lipinski definition) is 2. The second-order valence-corrected chi connectivity index (χ2v) is 6.47. The molecule has 24 heavy (non-hydrogen) atoms. The Bertz CT molecular complexity index is 902. The van der Waals surface area contributed by atoms with Crippen molar-refractivity contribution in [1.29, 1.82) is 0 Å². The maximum absolute atomic E-state index is 12.8. The Kier molecular flexibility index (Phi) is 3.68. The number of nitrogens with one attached hydrogen (secondary N) is 2. The van der Waals surface area contributed by atoms with Crippen molar-refractivity contribution >= 4 is 16.9 Å². The van der Waals surface area contributed by atoms with Gasteiger partial charge >= 0.3 is 5.69 Å². The average Bonchev–Trinajstić information content (AvgIpc) is 2.60. The first-order chi connectivity index (χ1) is 11.6. The molecule has 1 atom stereocenters. The van der Waals surface area contributed by atoms with Gasteiger partial charge in [0.1, 0.15) is 5.65 Å². The van der Waals surface area contributed by atoms with E-state index < -0.39 is 11.2 Å². The molecular formula is C16H19N5O3. The van der Waals surface area contributed by atoms with Gasteiger partial charge in [0.2, 0.25) is 0 Å². The number of aromatic amines is 2. The molecule has 2 aliphatic rings. The number of carbonyl (C=O) groups is 1. The number of hydrogen-bond acceptors (Lipinski definition) is 5. The van der Waals surface area contributed by atoms with Crippen LogP contribution in [0.3, 0.4) is 0 Å². The highest BCUT2D eigenvalue weighted by atomic mass is 16.2. The van der Waals surface area contributed by atoms with Crippen LogP contribution in [0.4, 0.5) is 0 Å². The molecule has 0 bridgehead atoms. The molecule has 0 aromatic carbocycles. The standard InChI is InChI=1S/C16H19N5O3/c22-14-12-7-10(8-17-13(12)18-16(24)19-14)15(23)21-6-5-20-4-2-1-3-11(20)9-21/h7-8,11H,1-6,9H2,(H2,17,18,19,22,24). The van der Waals surface area contributed by atoms with E-state index in [1.54, 1.807) is 0 Å². The van der Waals surface area contributed by atoms with Crippen LogP contribution in [0.1, 0.15) is 29.6 Å². The lowest BCUT2D eigenvalue weighted by Crippen LogP contribution is -2.56. The van der Waals surface area contributed by atoms with Gasteiger partial charge in [-0.3, -0.25) is 24.5 Å². The van der Waals surface area contributed by atoms with E-state index in [0.29, 0.717) is 18.2 Å². The lowest BCUT2D eigenvalue weighted by atomic mass is 9.99. The van der Waals surface area contributed by atoms with Gasteiger partial charge in [-0.2, -0.15) is 0 Å². The number of carbonyl (C=O) groups excluding carboxylic acids is 1. The van der Waals surface area contributed by atoms with Gasteiger partial charge in [0.05, 0.1) is 10.9 Å². The van der Waals surface area contributed by atoms with Crippen LogP contribution < -0.4 is 11.2 Å². The highest BCUT2D eigenvalue weighted by Crippen LogP contribution is 2.22. The molecule has 1 amide bonds. The Hall–Kier alpha value is -2.48. The number of amides is 1. The van der Waals surface area contributed by atoms with E-state index in [-0.39, 0.29) is 16.9 Å². The number of H-pyrrole nitrogens is 2. The van der Waals surface area contributed by atoms with E-state index in [2.05, 4.69) is 19.9 Å². The highest BCUT2D eigenvalue weighted by Gasteiger charge is 2.31. The monoisotopic (exact) mass is 329 g/mol. The predicted molar refractivity (Wildman–Crippen MR) is 88.1 cm³/mol. The molecule has 2 saturated heterocycles. The van der Waals surface area contributed by atoms with E-state index in [1.807, 2.05) is 4.90 Å². The van der Waals surface area contributed by atoms with Gasteiger partial charge in [0.25, 0.3) is 11.5 Å². The van der Waals surface area contributed by atoms with Crippen molar-refractivity contribution in [2.45, 2.75) is 25.3 Å². The lowest BCUT2D eigenvalue weighted by Gasteiger charge is -2.44. The largest absolute Gasteiger partial charge is 0.336 e. The third-order valence-electron chi connectivity index (χ3n) is 4.96. The fourth-order valence-corrected chi connectivity index (χ4v) is 3.69. The smallest absolute Gasteiger partial charge is 0.327 e. The fraction of sp³-hybridized carbons (Fsp3) is 0.500. The molecule has 1 unspecified atom stereocenters. The van der Waals surface area contributed by atoms with E-state index in [1.165, 1.54) is 25.1 Å². The summed E-state index contributed by atoms with van der Waals surface area (Å²) in [4.78, 5) is 48.9. The minimum absolute atomic E-state index is 0.111. The fourth-order valence-electron chi connectivity index (χ4n) is 3.69. The zero-order chi connectivity index (χ0) is 16.7. The number of fused-ring (bicyclic) bond motifs is 2.